The van der Waals surface area contributed by atoms with Crippen LogP contribution in [0.5, 0.6) is 5.75 Å². The molecule has 0 spiro atoms. The van der Waals surface area contributed by atoms with Crippen LogP contribution in [0.15, 0.2) is 77.0 Å². The Bertz CT molecular complexity index is 836. The number of carbonyl (C=O) groups excluding carboxylic acids is 1. The van der Waals surface area contributed by atoms with Crippen molar-refractivity contribution in [3.8, 4) is 5.75 Å². The number of benzene rings is 2. The number of unbranched alkanes of at least 4 members (excludes halogenated alkanes) is 2. The second-order valence-corrected chi connectivity index (χ2v) is 6.89. The van der Waals surface area contributed by atoms with Gasteiger partial charge in [-0.25, -0.2) is 4.79 Å². The van der Waals surface area contributed by atoms with Crippen LogP contribution in [-0.4, -0.2) is 23.6 Å². The molecule has 0 radical (unpaired) electrons. The highest BCUT2D eigenvalue weighted by molar-refractivity contribution is 5.87. The second kappa shape index (κ2) is 11.1. The number of azo groups is 1. The zero-order valence-electron chi connectivity index (χ0n) is 17.0. The van der Waals surface area contributed by atoms with Gasteiger partial charge in [-0.15, -0.1) is 10.2 Å². The van der Waals surface area contributed by atoms with Crippen molar-refractivity contribution >= 4 is 11.7 Å². The minimum absolute atomic E-state index is 0.261. The zero-order valence-corrected chi connectivity index (χ0v) is 17.0. The number of aromatic hydroxyl groups is 1. The van der Waals surface area contributed by atoms with Gasteiger partial charge in [-0.1, -0.05) is 49.4 Å². The van der Waals surface area contributed by atoms with Gasteiger partial charge in [0, 0.05) is 12.5 Å². The molecule has 0 aliphatic rings. The average Bonchev–Trinajstić information content (AvgIpc) is 2.71. The van der Waals surface area contributed by atoms with Crippen LogP contribution >= 0.6 is 0 Å². The summed E-state index contributed by atoms with van der Waals surface area (Å²) in [5.74, 6) is -1.78. The van der Waals surface area contributed by atoms with E-state index in [1.807, 2.05) is 36.4 Å². The van der Waals surface area contributed by atoms with Crippen molar-refractivity contribution in [2.75, 3.05) is 6.61 Å². The summed E-state index contributed by atoms with van der Waals surface area (Å²) in [7, 11) is 0. The van der Waals surface area contributed by atoms with Gasteiger partial charge in [-0.05, 0) is 49.9 Å². The molecule has 0 amide bonds. The molecular weight excluding hydrogens is 368 g/mol. The van der Waals surface area contributed by atoms with Crippen LogP contribution in [0, 0.1) is 0 Å². The quantitative estimate of drug-likeness (QED) is 0.174. The molecular formula is C23H28N2O4. The Hall–Kier alpha value is -2.99. The largest absolute Gasteiger partial charge is 0.508 e. The number of para-hydroxylation sites is 1. The maximum absolute atomic E-state index is 12.0. The molecule has 6 nitrogen and oxygen atoms in total. The molecule has 0 fully saturated rings. The van der Waals surface area contributed by atoms with E-state index in [1.54, 1.807) is 32.0 Å². The van der Waals surface area contributed by atoms with Crippen molar-refractivity contribution in [2.24, 2.45) is 10.2 Å². The van der Waals surface area contributed by atoms with E-state index in [9.17, 15) is 9.90 Å². The molecule has 29 heavy (non-hydrogen) atoms. The predicted octanol–water partition coefficient (Wildman–Crippen LogP) is 5.70. The lowest BCUT2D eigenvalue weighted by atomic mass is 10.1. The van der Waals surface area contributed by atoms with Gasteiger partial charge in [0.05, 0.1) is 12.3 Å². The molecule has 0 aliphatic carbocycles. The molecule has 2 aromatic carbocycles. The van der Waals surface area contributed by atoms with E-state index < -0.39 is 11.9 Å². The third-order valence-electron chi connectivity index (χ3n) is 4.19. The van der Waals surface area contributed by atoms with E-state index in [1.165, 1.54) is 0 Å². The fraction of sp³-hybridized carbons (Fsp3) is 0.348. The van der Waals surface area contributed by atoms with Crippen LogP contribution < -0.4 is 0 Å². The molecule has 1 unspecified atom stereocenters. The third kappa shape index (κ3) is 7.87. The lowest BCUT2D eigenvalue weighted by Crippen LogP contribution is -2.33. The van der Waals surface area contributed by atoms with Crippen molar-refractivity contribution in [1.29, 1.82) is 0 Å². The number of carbonyl (C=O) groups is 1. The highest BCUT2D eigenvalue weighted by Gasteiger charge is 2.30. The van der Waals surface area contributed by atoms with Gasteiger partial charge in [0.15, 0.2) is 0 Å². The summed E-state index contributed by atoms with van der Waals surface area (Å²) < 4.78 is 11.1. The first-order chi connectivity index (χ1) is 13.9. The zero-order chi connectivity index (χ0) is 21.1. The van der Waals surface area contributed by atoms with Gasteiger partial charge in [0.2, 0.25) is 0 Å². The molecule has 0 bridgehead atoms. The first-order valence-corrected chi connectivity index (χ1v) is 9.67. The summed E-state index contributed by atoms with van der Waals surface area (Å²) in [4.78, 5) is 12.0. The van der Waals surface area contributed by atoms with Crippen molar-refractivity contribution in [1.82, 2.24) is 0 Å². The van der Waals surface area contributed by atoms with Crippen LogP contribution in [0.3, 0.4) is 0 Å². The third-order valence-corrected chi connectivity index (χ3v) is 4.19. The molecule has 2 rings (SSSR count). The molecule has 6 heteroatoms. The van der Waals surface area contributed by atoms with Crippen molar-refractivity contribution in [3.63, 3.8) is 0 Å². The van der Waals surface area contributed by atoms with Crippen LogP contribution in [0.25, 0.3) is 0 Å². The van der Waals surface area contributed by atoms with E-state index >= 15 is 0 Å². The lowest BCUT2D eigenvalue weighted by Gasteiger charge is -2.24. The van der Waals surface area contributed by atoms with Crippen LogP contribution in [0.1, 0.15) is 38.7 Å². The Morgan fingerprint density at radius 3 is 2.45 bits per heavy atom. The number of hydrogen-bond acceptors (Lipinski definition) is 6. The van der Waals surface area contributed by atoms with Crippen LogP contribution in [0.2, 0.25) is 0 Å². The van der Waals surface area contributed by atoms with Crippen molar-refractivity contribution in [3.05, 3.63) is 72.3 Å². The number of phenolic OH excluding ortho intramolecular Hbond substituents is 1. The topological polar surface area (TPSA) is 80.5 Å². The van der Waals surface area contributed by atoms with Gasteiger partial charge in [0.25, 0.3) is 0 Å². The Kier molecular flexibility index (Phi) is 8.55. The molecule has 1 N–H and O–H groups in total. The number of aryl methyl sites for hydroxylation is 1. The summed E-state index contributed by atoms with van der Waals surface area (Å²) in [6.45, 7) is 7.07. The second-order valence-electron chi connectivity index (χ2n) is 6.89. The monoisotopic (exact) mass is 396 g/mol. The number of rotatable bonds is 11. The highest BCUT2D eigenvalue weighted by atomic mass is 16.7. The summed E-state index contributed by atoms with van der Waals surface area (Å²) in [5.41, 5.74) is 1.83. The van der Waals surface area contributed by atoms with E-state index in [2.05, 4.69) is 16.8 Å². The molecule has 0 saturated carbocycles. The van der Waals surface area contributed by atoms with Crippen LogP contribution in [-0.2, 0) is 20.7 Å². The lowest BCUT2D eigenvalue weighted by molar-refractivity contribution is -0.219. The normalized spacial score (nSPS) is 13.2. The maximum Gasteiger partial charge on any atom is 0.337 e. The fourth-order valence-corrected chi connectivity index (χ4v) is 2.56. The minimum atomic E-state index is -1.52. The Balaban J connectivity index is 1.86. The molecule has 0 heterocycles. The summed E-state index contributed by atoms with van der Waals surface area (Å²) in [6.07, 6.45) is 3.36. The van der Waals surface area contributed by atoms with E-state index in [0.717, 1.165) is 31.2 Å². The Morgan fingerprint density at radius 1 is 1.07 bits per heavy atom. The van der Waals surface area contributed by atoms with Gasteiger partial charge < -0.3 is 14.6 Å². The first kappa shape index (κ1) is 22.3. The average molecular weight is 396 g/mol. The minimum Gasteiger partial charge on any atom is -0.508 e. The Labute approximate surface area is 171 Å². The van der Waals surface area contributed by atoms with Gasteiger partial charge >= 0.3 is 11.9 Å². The fourth-order valence-electron chi connectivity index (χ4n) is 2.56. The molecule has 0 saturated heterocycles. The van der Waals surface area contributed by atoms with Gasteiger partial charge in [-0.3, -0.25) is 0 Å². The number of phenols is 1. The molecule has 1 atom stereocenters. The van der Waals surface area contributed by atoms with Crippen molar-refractivity contribution in [2.45, 2.75) is 45.4 Å². The number of ether oxygens (including phenoxy) is 2. The molecule has 0 aliphatic heterocycles. The SMILES string of the molecule is C=C(C)C(=O)OC(C)(N=Nc1ccccc1)OCCCCCc1ccccc1O. The van der Waals surface area contributed by atoms with E-state index in [0.29, 0.717) is 18.0 Å². The molecule has 2 aromatic rings. The van der Waals surface area contributed by atoms with Gasteiger partial charge in [-0.2, -0.15) is 0 Å². The maximum atomic E-state index is 12.0. The molecule has 154 valence electrons. The van der Waals surface area contributed by atoms with Gasteiger partial charge in [0.1, 0.15) is 5.75 Å². The highest BCUT2D eigenvalue weighted by Crippen LogP contribution is 2.22. The number of hydrogen-bond donors (Lipinski definition) is 1. The van der Waals surface area contributed by atoms with Crippen LogP contribution in [0.4, 0.5) is 5.69 Å². The Morgan fingerprint density at radius 2 is 1.76 bits per heavy atom. The van der Waals surface area contributed by atoms with E-state index in [4.69, 9.17) is 9.47 Å². The summed E-state index contributed by atoms with van der Waals surface area (Å²) in [5, 5.41) is 18.0. The smallest absolute Gasteiger partial charge is 0.337 e. The van der Waals surface area contributed by atoms with E-state index in [-0.39, 0.29) is 5.57 Å². The first-order valence-electron chi connectivity index (χ1n) is 9.67. The number of esters is 1. The van der Waals surface area contributed by atoms with Crippen molar-refractivity contribution < 1.29 is 19.4 Å². The number of nitrogens with zero attached hydrogens (tertiary/aromatic N) is 2. The predicted molar refractivity (Wildman–Crippen MR) is 112 cm³/mol. The summed E-state index contributed by atoms with van der Waals surface area (Å²) in [6, 6.07) is 16.5. The standard InChI is InChI=1S/C23H28N2O4/c1-18(2)22(27)29-23(3,25-24-20-14-7-4-8-15-20)28-17-11-5-6-12-19-13-9-10-16-21(19)26/h4,7-10,13-16,26H,1,5-6,11-12,17H2,2-3H3. The summed E-state index contributed by atoms with van der Waals surface area (Å²) >= 11 is 0. The molecule has 0 aromatic heterocycles.